The number of nitrogens with one attached hydrogen (secondary N) is 1. The summed E-state index contributed by atoms with van der Waals surface area (Å²) in [6, 6.07) is 0.472. The summed E-state index contributed by atoms with van der Waals surface area (Å²) in [6.07, 6.45) is 3.59. The SMILES string of the molecule is CCNC(COCCOC)CC1CCOCC1. The van der Waals surface area contributed by atoms with E-state index in [0.29, 0.717) is 19.3 Å². The molecule has 17 heavy (non-hydrogen) atoms. The molecule has 1 heterocycles. The van der Waals surface area contributed by atoms with Crippen molar-refractivity contribution in [2.75, 3.05) is 46.7 Å². The number of likely N-dealkylation sites (N-methyl/N-ethyl adjacent to an activating group) is 1. The van der Waals surface area contributed by atoms with Crippen molar-refractivity contribution < 1.29 is 14.2 Å². The average Bonchev–Trinajstić information content (AvgIpc) is 2.36. The third kappa shape index (κ3) is 6.99. The van der Waals surface area contributed by atoms with Crippen LogP contribution in [0.15, 0.2) is 0 Å². The van der Waals surface area contributed by atoms with Gasteiger partial charge in [0.15, 0.2) is 0 Å². The van der Waals surface area contributed by atoms with Crippen LogP contribution < -0.4 is 5.32 Å². The van der Waals surface area contributed by atoms with Crippen molar-refractivity contribution >= 4 is 0 Å². The molecule has 0 aliphatic carbocycles. The molecule has 1 aliphatic rings. The zero-order valence-electron chi connectivity index (χ0n) is 11.2. The first kappa shape index (κ1) is 14.9. The van der Waals surface area contributed by atoms with Gasteiger partial charge in [0.05, 0.1) is 19.8 Å². The fourth-order valence-electron chi connectivity index (χ4n) is 2.25. The molecule has 0 bridgehead atoms. The van der Waals surface area contributed by atoms with Gasteiger partial charge in [-0.1, -0.05) is 6.92 Å². The normalized spacial score (nSPS) is 19.4. The van der Waals surface area contributed by atoms with Gasteiger partial charge >= 0.3 is 0 Å². The summed E-state index contributed by atoms with van der Waals surface area (Å²) in [5.41, 5.74) is 0. The van der Waals surface area contributed by atoms with Crippen LogP contribution in [0.3, 0.4) is 0 Å². The molecule has 0 spiro atoms. The quantitative estimate of drug-likeness (QED) is 0.624. The topological polar surface area (TPSA) is 39.7 Å². The predicted octanol–water partition coefficient (Wildman–Crippen LogP) is 1.44. The van der Waals surface area contributed by atoms with Crippen LogP contribution in [0.4, 0.5) is 0 Å². The van der Waals surface area contributed by atoms with Crippen molar-refractivity contribution in [3.05, 3.63) is 0 Å². The predicted molar refractivity (Wildman–Crippen MR) is 68.3 cm³/mol. The molecule has 0 saturated carbocycles. The lowest BCUT2D eigenvalue weighted by Gasteiger charge is -2.27. The van der Waals surface area contributed by atoms with Crippen molar-refractivity contribution in [1.82, 2.24) is 5.32 Å². The van der Waals surface area contributed by atoms with Gasteiger partial charge in [0.25, 0.3) is 0 Å². The fourth-order valence-corrected chi connectivity index (χ4v) is 2.25. The van der Waals surface area contributed by atoms with Crippen molar-refractivity contribution in [3.8, 4) is 0 Å². The fraction of sp³-hybridized carbons (Fsp3) is 1.00. The Morgan fingerprint density at radius 1 is 1.29 bits per heavy atom. The largest absolute Gasteiger partial charge is 0.382 e. The van der Waals surface area contributed by atoms with E-state index < -0.39 is 0 Å². The van der Waals surface area contributed by atoms with Crippen LogP contribution in [0.5, 0.6) is 0 Å². The summed E-state index contributed by atoms with van der Waals surface area (Å²) in [6.45, 7) is 7.15. The summed E-state index contributed by atoms with van der Waals surface area (Å²) in [5, 5.41) is 3.50. The number of ether oxygens (including phenoxy) is 3. The number of hydrogen-bond acceptors (Lipinski definition) is 4. The molecule has 0 aromatic rings. The van der Waals surface area contributed by atoms with Crippen molar-refractivity contribution in [2.24, 2.45) is 5.92 Å². The first-order valence-corrected chi connectivity index (χ1v) is 6.74. The maximum absolute atomic E-state index is 5.61. The number of hydrogen-bond donors (Lipinski definition) is 1. The molecule has 4 heteroatoms. The van der Waals surface area contributed by atoms with Gasteiger partial charge in [-0.25, -0.2) is 0 Å². The minimum atomic E-state index is 0.472. The van der Waals surface area contributed by atoms with Gasteiger partial charge in [-0.05, 0) is 31.7 Å². The molecule has 1 unspecified atom stereocenters. The minimum Gasteiger partial charge on any atom is -0.382 e. The van der Waals surface area contributed by atoms with Gasteiger partial charge in [-0.3, -0.25) is 0 Å². The molecule has 102 valence electrons. The first-order valence-electron chi connectivity index (χ1n) is 6.74. The van der Waals surface area contributed by atoms with E-state index in [-0.39, 0.29) is 0 Å². The molecule has 4 nitrogen and oxygen atoms in total. The number of rotatable bonds is 9. The van der Waals surface area contributed by atoms with Gasteiger partial charge in [0.2, 0.25) is 0 Å². The zero-order valence-corrected chi connectivity index (χ0v) is 11.2. The summed E-state index contributed by atoms with van der Waals surface area (Å²) < 4.78 is 16.0. The second kappa shape index (κ2) is 9.83. The van der Waals surface area contributed by atoms with E-state index in [4.69, 9.17) is 14.2 Å². The van der Waals surface area contributed by atoms with E-state index in [1.54, 1.807) is 7.11 Å². The molecular formula is C13H27NO3. The third-order valence-electron chi connectivity index (χ3n) is 3.20. The van der Waals surface area contributed by atoms with Crippen LogP contribution in [0.2, 0.25) is 0 Å². The molecule has 1 rings (SSSR count). The van der Waals surface area contributed by atoms with E-state index in [0.717, 1.165) is 32.3 Å². The first-order chi connectivity index (χ1) is 8.36. The Morgan fingerprint density at radius 2 is 2.06 bits per heavy atom. The van der Waals surface area contributed by atoms with Crippen LogP contribution in [-0.2, 0) is 14.2 Å². The van der Waals surface area contributed by atoms with E-state index in [1.807, 2.05) is 0 Å². The van der Waals surface area contributed by atoms with Gasteiger partial charge in [-0.15, -0.1) is 0 Å². The molecule has 0 radical (unpaired) electrons. The molecule has 0 aromatic carbocycles. The lowest BCUT2D eigenvalue weighted by molar-refractivity contribution is 0.0385. The highest BCUT2D eigenvalue weighted by Crippen LogP contribution is 2.20. The van der Waals surface area contributed by atoms with Gasteiger partial charge in [0.1, 0.15) is 0 Å². The van der Waals surface area contributed by atoms with Crippen LogP contribution in [0.1, 0.15) is 26.2 Å². The van der Waals surface area contributed by atoms with Gasteiger partial charge in [0, 0.05) is 26.4 Å². The smallest absolute Gasteiger partial charge is 0.0701 e. The highest BCUT2D eigenvalue weighted by molar-refractivity contribution is 4.73. The lowest BCUT2D eigenvalue weighted by Crippen LogP contribution is -2.36. The minimum absolute atomic E-state index is 0.472. The summed E-state index contributed by atoms with van der Waals surface area (Å²) in [7, 11) is 1.70. The monoisotopic (exact) mass is 245 g/mol. The molecule has 0 aromatic heterocycles. The van der Waals surface area contributed by atoms with Gasteiger partial charge < -0.3 is 19.5 Å². The van der Waals surface area contributed by atoms with E-state index in [1.165, 1.54) is 19.3 Å². The second-order valence-corrected chi connectivity index (χ2v) is 4.61. The molecule has 1 saturated heterocycles. The van der Waals surface area contributed by atoms with Crippen LogP contribution >= 0.6 is 0 Å². The second-order valence-electron chi connectivity index (χ2n) is 4.61. The molecule has 1 atom stereocenters. The zero-order chi connectivity index (χ0) is 12.3. The standard InChI is InChI=1S/C13H27NO3/c1-3-14-13(11-17-9-8-15-2)10-12-4-6-16-7-5-12/h12-14H,3-11H2,1-2H3. The Bertz CT molecular complexity index is 172. The van der Waals surface area contributed by atoms with Crippen molar-refractivity contribution in [2.45, 2.75) is 32.2 Å². The Morgan fingerprint density at radius 3 is 2.71 bits per heavy atom. The summed E-state index contributed by atoms with van der Waals surface area (Å²) >= 11 is 0. The van der Waals surface area contributed by atoms with Crippen LogP contribution in [0, 0.1) is 5.92 Å². The molecule has 1 aliphatic heterocycles. The van der Waals surface area contributed by atoms with E-state index >= 15 is 0 Å². The molecule has 1 fully saturated rings. The van der Waals surface area contributed by atoms with Gasteiger partial charge in [-0.2, -0.15) is 0 Å². The Labute approximate surface area is 105 Å². The average molecular weight is 245 g/mol. The Hall–Kier alpha value is -0.160. The van der Waals surface area contributed by atoms with Crippen molar-refractivity contribution in [1.29, 1.82) is 0 Å². The lowest BCUT2D eigenvalue weighted by atomic mass is 9.93. The molecule has 0 amide bonds. The highest BCUT2D eigenvalue weighted by atomic mass is 16.5. The van der Waals surface area contributed by atoms with E-state index in [9.17, 15) is 0 Å². The third-order valence-corrected chi connectivity index (χ3v) is 3.20. The molecule has 1 N–H and O–H groups in total. The van der Waals surface area contributed by atoms with E-state index in [2.05, 4.69) is 12.2 Å². The molecular weight excluding hydrogens is 218 g/mol. The maximum atomic E-state index is 5.61. The van der Waals surface area contributed by atoms with Crippen LogP contribution in [0.25, 0.3) is 0 Å². The Kier molecular flexibility index (Phi) is 8.61. The van der Waals surface area contributed by atoms with Crippen LogP contribution in [-0.4, -0.2) is 52.7 Å². The van der Waals surface area contributed by atoms with Crippen molar-refractivity contribution in [3.63, 3.8) is 0 Å². The maximum Gasteiger partial charge on any atom is 0.0701 e. The Balaban J connectivity index is 2.16. The number of methoxy groups -OCH3 is 1. The summed E-state index contributed by atoms with van der Waals surface area (Å²) in [5.74, 6) is 0.791. The summed E-state index contributed by atoms with van der Waals surface area (Å²) in [4.78, 5) is 0. The highest BCUT2D eigenvalue weighted by Gasteiger charge is 2.18.